The molecule has 4 rings (SSSR count). The second kappa shape index (κ2) is 7.63. The van der Waals surface area contributed by atoms with Gasteiger partial charge in [0.05, 0.1) is 5.56 Å². The van der Waals surface area contributed by atoms with Crippen molar-refractivity contribution in [3.63, 3.8) is 0 Å². The lowest BCUT2D eigenvalue weighted by Gasteiger charge is -2.42. The molecule has 164 valence electrons. The van der Waals surface area contributed by atoms with E-state index in [9.17, 15) is 19.8 Å². The summed E-state index contributed by atoms with van der Waals surface area (Å²) in [6, 6.07) is 16.9. The van der Waals surface area contributed by atoms with Crippen molar-refractivity contribution in [2.75, 3.05) is 0 Å². The summed E-state index contributed by atoms with van der Waals surface area (Å²) in [5.74, 6) is -1.97. The van der Waals surface area contributed by atoms with Crippen LogP contribution in [0.15, 0.2) is 60.7 Å². The van der Waals surface area contributed by atoms with E-state index in [1.165, 1.54) is 17.2 Å². The van der Waals surface area contributed by atoms with Gasteiger partial charge in [-0.2, -0.15) is 0 Å². The Morgan fingerprint density at radius 3 is 1.81 bits per heavy atom. The third kappa shape index (κ3) is 3.93. The summed E-state index contributed by atoms with van der Waals surface area (Å²) < 4.78 is 0. The van der Waals surface area contributed by atoms with E-state index < -0.39 is 11.9 Å². The lowest BCUT2D eigenvalue weighted by Crippen LogP contribution is -2.33. The van der Waals surface area contributed by atoms with Gasteiger partial charge in [-0.25, -0.2) is 9.59 Å². The van der Waals surface area contributed by atoms with Crippen LogP contribution in [0.1, 0.15) is 73.1 Å². The molecule has 0 radical (unpaired) electrons. The maximum Gasteiger partial charge on any atom is 0.335 e. The van der Waals surface area contributed by atoms with Crippen LogP contribution >= 0.6 is 0 Å². The third-order valence-electron chi connectivity index (χ3n) is 6.83. The number of fused-ring (bicyclic) bond motifs is 2. The Morgan fingerprint density at radius 1 is 0.719 bits per heavy atom. The Labute approximate surface area is 188 Å². The molecular weight excluding hydrogens is 400 g/mol. The monoisotopic (exact) mass is 428 g/mol. The second-order valence-electron chi connectivity index (χ2n) is 10.0. The van der Waals surface area contributed by atoms with Crippen LogP contribution in [0.2, 0.25) is 0 Å². The summed E-state index contributed by atoms with van der Waals surface area (Å²) in [5.41, 5.74) is 5.24. The number of hydrogen-bond acceptors (Lipinski definition) is 2. The van der Waals surface area contributed by atoms with Crippen molar-refractivity contribution in [1.29, 1.82) is 0 Å². The standard InChI is InChI=1S/C28H28O4/c1-27(2)11-12-28(3,4)24-15-20(9-10-23(24)27)22(16-25(29)30)19-7-5-18-14-21(26(31)32)8-6-17(18)13-19/h5-10,13-16H,11-12H2,1-4H3,(H,29,30)(H,31,32)/b22-16+. The molecule has 3 aromatic carbocycles. The van der Waals surface area contributed by atoms with Crippen LogP contribution in [-0.2, 0) is 15.6 Å². The largest absolute Gasteiger partial charge is 0.478 e. The first kappa shape index (κ1) is 21.8. The molecule has 1 aliphatic rings. The van der Waals surface area contributed by atoms with Gasteiger partial charge in [-0.15, -0.1) is 0 Å². The van der Waals surface area contributed by atoms with Gasteiger partial charge < -0.3 is 10.2 Å². The number of aliphatic carboxylic acids is 1. The fourth-order valence-electron chi connectivity index (χ4n) is 4.76. The van der Waals surface area contributed by atoms with E-state index in [4.69, 9.17) is 0 Å². The number of carbonyl (C=O) groups is 2. The van der Waals surface area contributed by atoms with Crippen molar-refractivity contribution in [3.05, 3.63) is 88.5 Å². The lowest BCUT2D eigenvalue weighted by molar-refractivity contribution is -0.131. The van der Waals surface area contributed by atoms with Crippen molar-refractivity contribution in [1.82, 2.24) is 0 Å². The highest BCUT2D eigenvalue weighted by Gasteiger charge is 2.37. The first-order valence-electron chi connectivity index (χ1n) is 10.9. The summed E-state index contributed by atoms with van der Waals surface area (Å²) in [4.78, 5) is 23.0. The molecule has 3 aromatic rings. The van der Waals surface area contributed by atoms with E-state index >= 15 is 0 Å². The Kier molecular flexibility index (Phi) is 5.20. The van der Waals surface area contributed by atoms with Gasteiger partial charge in [0.25, 0.3) is 0 Å². The molecule has 0 unspecified atom stereocenters. The van der Waals surface area contributed by atoms with E-state index in [1.54, 1.807) is 18.2 Å². The van der Waals surface area contributed by atoms with Crippen molar-refractivity contribution >= 4 is 28.3 Å². The number of carboxylic acids is 2. The summed E-state index contributed by atoms with van der Waals surface area (Å²) in [7, 11) is 0. The summed E-state index contributed by atoms with van der Waals surface area (Å²) >= 11 is 0. The van der Waals surface area contributed by atoms with E-state index in [0.717, 1.165) is 34.7 Å². The maximum absolute atomic E-state index is 11.7. The van der Waals surface area contributed by atoms with Crippen molar-refractivity contribution < 1.29 is 19.8 Å². The molecule has 0 saturated carbocycles. The maximum atomic E-state index is 11.7. The predicted molar refractivity (Wildman–Crippen MR) is 127 cm³/mol. The lowest BCUT2D eigenvalue weighted by atomic mass is 9.63. The van der Waals surface area contributed by atoms with Crippen LogP contribution in [0, 0.1) is 0 Å². The summed E-state index contributed by atoms with van der Waals surface area (Å²) in [5, 5.41) is 20.5. The molecule has 0 heterocycles. The molecule has 0 spiro atoms. The van der Waals surface area contributed by atoms with Gasteiger partial charge in [-0.05, 0) is 80.5 Å². The third-order valence-corrected chi connectivity index (χ3v) is 6.83. The van der Waals surface area contributed by atoms with Gasteiger partial charge in [0.2, 0.25) is 0 Å². The molecule has 0 aliphatic heterocycles. The topological polar surface area (TPSA) is 74.6 Å². The molecule has 0 atom stereocenters. The predicted octanol–water partition coefficient (Wildman–Crippen LogP) is 6.40. The number of hydrogen-bond donors (Lipinski definition) is 2. The van der Waals surface area contributed by atoms with Crippen LogP contribution in [0.25, 0.3) is 16.3 Å². The molecule has 4 heteroatoms. The fourth-order valence-corrected chi connectivity index (χ4v) is 4.76. The van der Waals surface area contributed by atoms with Crippen LogP contribution < -0.4 is 0 Å². The first-order chi connectivity index (χ1) is 15.0. The zero-order chi connectivity index (χ0) is 23.3. The van der Waals surface area contributed by atoms with E-state index in [0.29, 0.717) is 5.57 Å². The zero-order valence-corrected chi connectivity index (χ0v) is 18.9. The van der Waals surface area contributed by atoms with Gasteiger partial charge in [-0.1, -0.05) is 64.1 Å². The minimum Gasteiger partial charge on any atom is -0.478 e. The SMILES string of the molecule is CC1(C)CCC(C)(C)c2cc(/C(=C/C(=O)O)c3ccc4cc(C(=O)O)ccc4c3)ccc21. The summed E-state index contributed by atoms with van der Waals surface area (Å²) in [6.07, 6.45) is 3.46. The highest BCUT2D eigenvalue weighted by atomic mass is 16.4. The average molecular weight is 429 g/mol. The number of rotatable bonds is 4. The van der Waals surface area contributed by atoms with Crippen molar-refractivity contribution in [2.24, 2.45) is 0 Å². The van der Waals surface area contributed by atoms with Crippen LogP contribution in [0.5, 0.6) is 0 Å². The molecule has 0 amide bonds. The van der Waals surface area contributed by atoms with Crippen LogP contribution in [0.3, 0.4) is 0 Å². The van der Waals surface area contributed by atoms with Crippen molar-refractivity contribution in [3.8, 4) is 0 Å². The van der Waals surface area contributed by atoms with Crippen molar-refractivity contribution in [2.45, 2.75) is 51.4 Å². The quantitative estimate of drug-likeness (QED) is 0.471. The highest BCUT2D eigenvalue weighted by molar-refractivity contribution is 5.99. The van der Waals surface area contributed by atoms with Gasteiger partial charge >= 0.3 is 11.9 Å². The zero-order valence-electron chi connectivity index (χ0n) is 18.9. The Hall–Kier alpha value is -3.40. The smallest absolute Gasteiger partial charge is 0.335 e. The minimum absolute atomic E-state index is 0.0197. The van der Waals surface area contributed by atoms with E-state index in [2.05, 4.69) is 39.8 Å². The normalized spacial score (nSPS) is 17.1. The molecule has 4 nitrogen and oxygen atoms in total. The molecule has 32 heavy (non-hydrogen) atoms. The Bertz CT molecular complexity index is 1280. The van der Waals surface area contributed by atoms with E-state index in [1.807, 2.05) is 24.3 Å². The molecule has 1 aliphatic carbocycles. The van der Waals surface area contributed by atoms with Gasteiger partial charge in [-0.3, -0.25) is 0 Å². The Balaban J connectivity index is 1.87. The molecule has 0 aromatic heterocycles. The molecule has 0 fully saturated rings. The van der Waals surface area contributed by atoms with Gasteiger partial charge in [0.15, 0.2) is 0 Å². The minimum atomic E-state index is -1.00. The van der Waals surface area contributed by atoms with Crippen LogP contribution in [0.4, 0.5) is 0 Å². The fraction of sp³-hybridized carbons (Fsp3) is 0.286. The molecule has 0 saturated heterocycles. The molecule has 2 N–H and O–H groups in total. The first-order valence-corrected chi connectivity index (χ1v) is 10.9. The Morgan fingerprint density at radius 2 is 1.22 bits per heavy atom. The number of benzene rings is 3. The van der Waals surface area contributed by atoms with E-state index in [-0.39, 0.29) is 16.4 Å². The highest BCUT2D eigenvalue weighted by Crippen LogP contribution is 2.46. The second-order valence-corrected chi connectivity index (χ2v) is 10.0. The van der Waals surface area contributed by atoms with Gasteiger partial charge in [0, 0.05) is 6.08 Å². The number of carboxylic acid groups (broad SMARTS) is 2. The van der Waals surface area contributed by atoms with Gasteiger partial charge in [0.1, 0.15) is 0 Å². The summed E-state index contributed by atoms with van der Waals surface area (Å²) in [6.45, 7) is 9.04. The van der Waals surface area contributed by atoms with Crippen LogP contribution in [-0.4, -0.2) is 22.2 Å². The average Bonchev–Trinajstić information content (AvgIpc) is 2.74. The molecule has 0 bridgehead atoms. The number of aromatic carboxylic acids is 1. The molecular formula is C28H28O4.